The Bertz CT molecular complexity index is 331. The first-order valence-corrected chi connectivity index (χ1v) is 4.49. The molecule has 2 N–H and O–H groups in total. The van der Waals surface area contributed by atoms with Gasteiger partial charge in [-0.05, 0) is 23.4 Å². The summed E-state index contributed by atoms with van der Waals surface area (Å²) in [6, 6.07) is -0.0313. The molecule has 0 bridgehead atoms. The number of hydrogen-bond donors (Lipinski definition) is 2. The van der Waals surface area contributed by atoms with Gasteiger partial charge in [-0.3, -0.25) is 4.79 Å². The van der Waals surface area contributed by atoms with Gasteiger partial charge in [0, 0.05) is 7.05 Å². The molecule has 0 aromatic carbocycles. The number of tetrazole rings is 1. The van der Waals surface area contributed by atoms with Gasteiger partial charge in [-0.1, -0.05) is 0 Å². The number of nitrogens with zero attached hydrogens (tertiary/aromatic N) is 4. The summed E-state index contributed by atoms with van der Waals surface area (Å²) in [4.78, 5) is 11.4. The monoisotopic (exact) mass is 196 g/mol. The number of carbonyl (C=O) groups is 1. The molecule has 7 nitrogen and oxygen atoms in total. The first-order valence-electron chi connectivity index (χ1n) is 4.49. The number of hydrogen-bond acceptors (Lipinski definition) is 5. The Hall–Kier alpha value is -1.50. The fraction of sp³-hybridized carbons (Fsp3) is 0.714. The van der Waals surface area contributed by atoms with Crippen LogP contribution in [0, 0.1) is 0 Å². The van der Waals surface area contributed by atoms with E-state index in [1.54, 1.807) is 7.05 Å². The molecule has 14 heavy (non-hydrogen) atoms. The van der Waals surface area contributed by atoms with E-state index in [2.05, 4.69) is 26.2 Å². The van der Waals surface area contributed by atoms with Crippen LogP contribution < -0.4 is 10.6 Å². The fourth-order valence-electron chi connectivity index (χ4n) is 1.20. The largest absolute Gasteiger partial charge is 0.347 e. The van der Waals surface area contributed by atoms with E-state index in [4.69, 9.17) is 0 Å². The minimum atomic E-state index is -0.0313. The molecule has 1 aromatic heterocycles. The average Bonchev–Trinajstić information content (AvgIpc) is 2.44. The van der Waals surface area contributed by atoms with Crippen LogP contribution in [0.4, 0.5) is 0 Å². The zero-order valence-electron chi connectivity index (χ0n) is 7.90. The molecule has 1 aromatic rings. The molecule has 0 spiro atoms. The molecular weight excluding hydrogens is 184 g/mol. The second kappa shape index (κ2) is 3.70. The molecule has 1 unspecified atom stereocenters. The Balaban J connectivity index is 1.82. The standard InChI is InChI=1S/C7H12N6O/c1-13-6(10-11-12-13)4-9-7(14)5-2-3-8-5/h5,8H,2-4H2,1H3,(H,9,14). The molecule has 0 aliphatic carbocycles. The zero-order valence-corrected chi connectivity index (χ0v) is 7.90. The van der Waals surface area contributed by atoms with E-state index >= 15 is 0 Å². The molecule has 7 heteroatoms. The van der Waals surface area contributed by atoms with Crippen molar-refractivity contribution < 1.29 is 4.79 Å². The zero-order chi connectivity index (χ0) is 9.97. The van der Waals surface area contributed by atoms with Crippen molar-refractivity contribution in [2.45, 2.75) is 19.0 Å². The lowest BCUT2D eigenvalue weighted by molar-refractivity contribution is -0.124. The highest BCUT2D eigenvalue weighted by Crippen LogP contribution is 2.01. The summed E-state index contributed by atoms with van der Waals surface area (Å²) < 4.78 is 1.54. The van der Waals surface area contributed by atoms with Crippen molar-refractivity contribution in [3.63, 3.8) is 0 Å². The van der Waals surface area contributed by atoms with Gasteiger partial charge in [0.2, 0.25) is 5.91 Å². The average molecular weight is 196 g/mol. The van der Waals surface area contributed by atoms with Crippen LogP contribution in [0.2, 0.25) is 0 Å². The third-order valence-electron chi connectivity index (χ3n) is 2.27. The molecule has 76 valence electrons. The second-order valence-corrected chi connectivity index (χ2v) is 3.23. The topological polar surface area (TPSA) is 84.7 Å². The molecule has 0 saturated carbocycles. The lowest BCUT2D eigenvalue weighted by Crippen LogP contribution is -2.53. The second-order valence-electron chi connectivity index (χ2n) is 3.23. The molecule has 1 aliphatic heterocycles. The van der Waals surface area contributed by atoms with E-state index in [1.165, 1.54) is 4.68 Å². The van der Waals surface area contributed by atoms with Gasteiger partial charge in [0.1, 0.15) is 0 Å². The third-order valence-corrected chi connectivity index (χ3v) is 2.27. The van der Waals surface area contributed by atoms with Crippen LogP contribution >= 0.6 is 0 Å². The van der Waals surface area contributed by atoms with Crippen LogP contribution in [0.25, 0.3) is 0 Å². The first-order chi connectivity index (χ1) is 6.77. The normalized spacial score (nSPS) is 20.2. The summed E-state index contributed by atoms with van der Waals surface area (Å²) in [5, 5.41) is 16.7. The summed E-state index contributed by atoms with van der Waals surface area (Å²) in [6.07, 6.45) is 0.906. The number of amides is 1. The van der Waals surface area contributed by atoms with Crippen molar-refractivity contribution in [2.24, 2.45) is 7.05 Å². The van der Waals surface area contributed by atoms with Gasteiger partial charge in [-0.15, -0.1) is 5.10 Å². The number of aromatic nitrogens is 4. The maximum atomic E-state index is 11.4. The molecular formula is C7H12N6O. The predicted molar refractivity (Wildman–Crippen MR) is 47.1 cm³/mol. The lowest BCUT2D eigenvalue weighted by atomic mass is 10.1. The molecule has 2 rings (SSSR count). The third kappa shape index (κ3) is 1.72. The van der Waals surface area contributed by atoms with Crippen LogP contribution in [0.3, 0.4) is 0 Å². The Morgan fingerprint density at radius 2 is 2.57 bits per heavy atom. The summed E-state index contributed by atoms with van der Waals surface area (Å²) in [6.45, 7) is 1.30. The van der Waals surface area contributed by atoms with Crippen LogP contribution in [0.15, 0.2) is 0 Å². The Morgan fingerprint density at radius 3 is 3.07 bits per heavy atom. The van der Waals surface area contributed by atoms with Crippen LogP contribution in [-0.4, -0.2) is 38.7 Å². The summed E-state index contributed by atoms with van der Waals surface area (Å²) >= 11 is 0. The first kappa shape index (κ1) is 9.07. The Kier molecular flexibility index (Phi) is 2.40. The van der Waals surface area contributed by atoms with E-state index in [-0.39, 0.29) is 11.9 Å². The molecule has 1 atom stereocenters. The molecule has 2 heterocycles. The van der Waals surface area contributed by atoms with Crippen LogP contribution in [0.1, 0.15) is 12.2 Å². The molecule has 1 fully saturated rings. The van der Waals surface area contributed by atoms with E-state index < -0.39 is 0 Å². The van der Waals surface area contributed by atoms with Crippen molar-refractivity contribution in [1.29, 1.82) is 0 Å². The number of carbonyl (C=O) groups excluding carboxylic acids is 1. The smallest absolute Gasteiger partial charge is 0.237 e. The SMILES string of the molecule is Cn1nnnc1CNC(=O)C1CCN1. The van der Waals surface area contributed by atoms with Crippen molar-refractivity contribution in [2.75, 3.05) is 6.54 Å². The van der Waals surface area contributed by atoms with E-state index in [9.17, 15) is 4.79 Å². The van der Waals surface area contributed by atoms with Crippen LogP contribution in [0.5, 0.6) is 0 Å². The highest BCUT2D eigenvalue weighted by molar-refractivity contribution is 5.82. The van der Waals surface area contributed by atoms with Gasteiger partial charge >= 0.3 is 0 Å². The molecule has 1 saturated heterocycles. The Morgan fingerprint density at radius 1 is 1.79 bits per heavy atom. The number of rotatable bonds is 3. The number of nitrogens with one attached hydrogen (secondary N) is 2. The van der Waals surface area contributed by atoms with Crippen molar-refractivity contribution in [1.82, 2.24) is 30.8 Å². The highest BCUT2D eigenvalue weighted by atomic mass is 16.2. The Labute approximate surface area is 80.9 Å². The predicted octanol–water partition coefficient (Wildman–Crippen LogP) is -1.81. The number of aryl methyl sites for hydroxylation is 1. The summed E-state index contributed by atoms with van der Waals surface area (Å²) in [5.74, 6) is 0.664. The highest BCUT2D eigenvalue weighted by Gasteiger charge is 2.24. The van der Waals surface area contributed by atoms with Crippen molar-refractivity contribution in [3.05, 3.63) is 5.82 Å². The van der Waals surface area contributed by atoms with Gasteiger partial charge in [0.25, 0.3) is 0 Å². The van der Waals surface area contributed by atoms with E-state index in [0.29, 0.717) is 12.4 Å². The van der Waals surface area contributed by atoms with Gasteiger partial charge in [-0.25, -0.2) is 4.68 Å². The molecule has 1 amide bonds. The minimum absolute atomic E-state index is 0.0132. The quantitative estimate of drug-likeness (QED) is 0.595. The van der Waals surface area contributed by atoms with Gasteiger partial charge in [-0.2, -0.15) is 0 Å². The molecule has 1 aliphatic rings. The van der Waals surface area contributed by atoms with Gasteiger partial charge in [0.05, 0.1) is 12.6 Å². The molecule has 0 radical (unpaired) electrons. The maximum absolute atomic E-state index is 11.4. The minimum Gasteiger partial charge on any atom is -0.347 e. The van der Waals surface area contributed by atoms with E-state index in [0.717, 1.165) is 13.0 Å². The maximum Gasteiger partial charge on any atom is 0.237 e. The van der Waals surface area contributed by atoms with Crippen LogP contribution in [-0.2, 0) is 18.4 Å². The lowest BCUT2D eigenvalue weighted by Gasteiger charge is -2.25. The summed E-state index contributed by atoms with van der Waals surface area (Å²) in [7, 11) is 1.74. The van der Waals surface area contributed by atoms with Crippen molar-refractivity contribution >= 4 is 5.91 Å². The van der Waals surface area contributed by atoms with Gasteiger partial charge in [0.15, 0.2) is 5.82 Å². The van der Waals surface area contributed by atoms with Gasteiger partial charge < -0.3 is 10.6 Å². The fourth-order valence-corrected chi connectivity index (χ4v) is 1.20. The summed E-state index contributed by atoms with van der Waals surface area (Å²) in [5.41, 5.74) is 0. The van der Waals surface area contributed by atoms with E-state index in [1.807, 2.05) is 0 Å². The van der Waals surface area contributed by atoms with Crippen molar-refractivity contribution in [3.8, 4) is 0 Å².